The zero-order valence-electron chi connectivity index (χ0n) is 17.3. The maximum Gasteiger partial charge on any atom is 0.340 e. The van der Waals surface area contributed by atoms with E-state index in [4.69, 9.17) is 18.9 Å². The van der Waals surface area contributed by atoms with E-state index in [0.717, 1.165) is 12.8 Å². The predicted octanol–water partition coefficient (Wildman–Crippen LogP) is 3.19. The van der Waals surface area contributed by atoms with Crippen LogP contribution in [0.15, 0.2) is 29.0 Å². The van der Waals surface area contributed by atoms with Crippen molar-refractivity contribution < 1.29 is 28.5 Å². The third-order valence-corrected chi connectivity index (χ3v) is 4.67. The van der Waals surface area contributed by atoms with Crippen LogP contribution in [0.5, 0.6) is 17.2 Å². The van der Waals surface area contributed by atoms with E-state index >= 15 is 0 Å². The summed E-state index contributed by atoms with van der Waals surface area (Å²) in [5, 5.41) is 0. The second-order valence-electron chi connectivity index (χ2n) is 6.24. The Morgan fingerprint density at radius 3 is 2.29 bits per heavy atom. The van der Waals surface area contributed by atoms with Gasteiger partial charge in [0.05, 0.1) is 39.6 Å². The van der Waals surface area contributed by atoms with E-state index in [-0.39, 0.29) is 17.1 Å². The normalized spacial score (nSPS) is 15.3. The van der Waals surface area contributed by atoms with Crippen LogP contribution in [0.4, 0.5) is 0 Å². The number of rotatable bonds is 8. The number of hydrogen-bond acceptors (Lipinski definition) is 6. The molecule has 0 saturated carbocycles. The van der Waals surface area contributed by atoms with Crippen molar-refractivity contribution in [2.75, 3.05) is 35.0 Å². The zero-order chi connectivity index (χ0) is 20.8. The summed E-state index contributed by atoms with van der Waals surface area (Å²) in [4.78, 5) is 27.1. The van der Waals surface area contributed by atoms with Crippen LogP contribution in [0.1, 0.15) is 32.3 Å². The molecule has 0 spiro atoms. The van der Waals surface area contributed by atoms with Gasteiger partial charge < -0.3 is 23.8 Å². The topological polar surface area (TPSA) is 74.3 Å². The summed E-state index contributed by atoms with van der Waals surface area (Å²) in [6, 6.07) is 3.47. The lowest BCUT2D eigenvalue weighted by Gasteiger charge is -2.17. The van der Waals surface area contributed by atoms with Gasteiger partial charge in [-0.25, -0.2) is 4.79 Å². The summed E-state index contributed by atoms with van der Waals surface area (Å²) in [6.07, 6.45) is 3.41. The Hall–Kier alpha value is -2.96. The number of benzene rings is 1. The van der Waals surface area contributed by atoms with Gasteiger partial charge in [-0.3, -0.25) is 4.79 Å². The molecule has 0 radical (unpaired) electrons. The van der Waals surface area contributed by atoms with Crippen LogP contribution < -0.4 is 14.2 Å². The number of carbonyl (C=O) groups is 2. The fraction of sp³-hybridized carbons (Fsp3) is 0.429. The maximum atomic E-state index is 13.0. The molecule has 28 heavy (non-hydrogen) atoms. The summed E-state index contributed by atoms with van der Waals surface area (Å²) in [5.41, 5.74) is 1.72. The van der Waals surface area contributed by atoms with E-state index in [2.05, 4.69) is 0 Å². The van der Waals surface area contributed by atoms with E-state index in [0.29, 0.717) is 35.1 Å². The van der Waals surface area contributed by atoms with Gasteiger partial charge in [-0.1, -0.05) is 13.3 Å². The predicted molar refractivity (Wildman–Crippen MR) is 105 cm³/mol. The number of carbonyl (C=O) groups excluding carboxylic acids is 2. The van der Waals surface area contributed by atoms with Crippen molar-refractivity contribution in [3.63, 3.8) is 0 Å². The smallest absolute Gasteiger partial charge is 0.340 e. The van der Waals surface area contributed by atoms with Crippen LogP contribution in [0.2, 0.25) is 0 Å². The standard InChI is InChI=1S/C21H27NO6/c1-7-8-11-22-13(2)17(21(24)28-6)15(20(22)23)12-14-9-10-16(25-3)19(27-5)18(14)26-4/h9-10,12H,7-8,11H2,1-6H3/b15-12-. The molecule has 1 aliphatic rings. The first-order valence-electron chi connectivity index (χ1n) is 9.07. The largest absolute Gasteiger partial charge is 0.493 e. The van der Waals surface area contributed by atoms with Gasteiger partial charge in [0.2, 0.25) is 5.75 Å². The van der Waals surface area contributed by atoms with Crippen molar-refractivity contribution >= 4 is 18.0 Å². The summed E-state index contributed by atoms with van der Waals surface area (Å²) < 4.78 is 21.1. The van der Waals surface area contributed by atoms with Crippen molar-refractivity contribution in [2.45, 2.75) is 26.7 Å². The fourth-order valence-corrected chi connectivity index (χ4v) is 3.21. The minimum absolute atomic E-state index is 0.233. The van der Waals surface area contributed by atoms with Gasteiger partial charge in [-0.2, -0.15) is 0 Å². The van der Waals surface area contributed by atoms with Crippen molar-refractivity contribution in [3.05, 3.63) is 34.5 Å². The highest BCUT2D eigenvalue weighted by Crippen LogP contribution is 2.42. The molecule has 0 atom stereocenters. The first kappa shape index (κ1) is 21.3. The number of amides is 1. The van der Waals surface area contributed by atoms with Gasteiger partial charge in [-0.15, -0.1) is 0 Å². The summed E-state index contributed by atoms with van der Waals surface area (Å²) in [7, 11) is 5.85. The Morgan fingerprint density at radius 1 is 1.07 bits per heavy atom. The molecular weight excluding hydrogens is 362 g/mol. The molecule has 1 aromatic rings. The minimum Gasteiger partial charge on any atom is -0.493 e. The summed E-state index contributed by atoms with van der Waals surface area (Å²) >= 11 is 0. The quantitative estimate of drug-likeness (QED) is 0.502. The van der Waals surface area contributed by atoms with Crippen LogP contribution in [0.3, 0.4) is 0 Å². The molecule has 0 N–H and O–H groups in total. The number of nitrogens with zero attached hydrogens (tertiary/aromatic N) is 1. The highest BCUT2D eigenvalue weighted by molar-refractivity contribution is 6.16. The van der Waals surface area contributed by atoms with E-state index in [9.17, 15) is 9.59 Å². The molecule has 0 aromatic heterocycles. The van der Waals surface area contributed by atoms with Crippen LogP contribution in [0.25, 0.3) is 6.08 Å². The maximum absolute atomic E-state index is 13.0. The Bertz CT molecular complexity index is 824. The van der Waals surface area contributed by atoms with Gasteiger partial charge >= 0.3 is 5.97 Å². The van der Waals surface area contributed by atoms with E-state index in [1.807, 2.05) is 6.92 Å². The molecular formula is C21H27NO6. The molecule has 7 nitrogen and oxygen atoms in total. The first-order chi connectivity index (χ1) is 13.4. The summed E-state index contributed by atoms with van der Waals surface area (Å²) in [5.74, 6) is 0.548. The Balaban J connectivity index is 2.63. The molecule has 1 aromatic carbocycles. The third-order valence-electron chi connectivity index (χ3n) is 4.67. The van der Waals surface area contributed by atoms with Crippen molar-refractivity contribution in [1.29, 1.82) is 0 Å². The second kappa shape index (κ2) is 9.30. The lowest BCUT2D eigenvalue weighted by atomic mass is 10.0. The van der Waals surface area contributed by atoms with Crippen molar-refractivity contribution in [1.82, 2.24) is 4.90 Å². The molecule has 0 aliphatic carbocycles. The van der Waals surface area contributed by atoms with E-state index < -0.39 is 5.97 Å². The molecule has 7 heteroatoms. The Morgan fingerprint density at radius 2 is 1.75 bits per heavy atom. The molecule has 1 aliphatic heterocycles. The fourth-order valence-electron chi connectivity index (χ4n) is 3.21. The van der Waals surface area contributed by atoms with E-state index in [1.165, 1.54) is 28.4 Å². The average molecular weight is 389 g/mol. The highest BCUT2D eigenvalue weighted by atomic mass is 16.5. The molecule has 0 unspecified atom stereocenters. The molecule has 0 bridgehead atoms. The molecule has 152 valence electrons. The Kier molecular flexibility index (Phi) is 7.09. The van der Waals surface area contributed by atoms with Gasteiger partial charge in [0.25, 0.3) is 5.91 Å². The van der Waals surface area contributed by atoms with Crippen LogP contribution >= 0.6 is 0 Å². The van der Waals surface area contributed by atoms with Crippen LogP contribution in [-0.4, -0.2) is 51.8 Å². The number of ether oxygens (including phenoxy) is 4. The average Bonchev–Trinajstić information content (AvgIpc) is 2.94. The van der Waals surface area contributed by atoms with Gasteiger partial charge in [0.1, 0.15) is 0 Å². The lowest BCUT2D eigenvalue weighted by Crippen LogP contribution is -2.26. The molecule has 1 amide bonds. The molecule has 0 fully saturated rings. The van der Waals surface area contributed by atoms with Crippen LogP contribution in [0, 0.1) is 0 Å². The number of hydrogen-bond donors (Lipinski definition) is 0. The van der Waals surface area contributed by atoms with Gasteiger partial charge in [-0.05, 0) is 31.6 Å². The van der Waals surface area contributed by atoms with Crippen molar-refractivity contribution in [2.24, 2.45) is 0 Å². The monoisotopic (exact) mass is 389 g/mol. The zero-order valence-corrected chi connectivity index (χ0v) is 17.3. The second-order valence-corrected chi connectivity index (χ2v) is 6.24. The van der Waals surface area contributed by atoms with Crippen molar-refractivity contribution in [3.8, 4) is 17.2 Å². The van der Waals surface area contributed by atoms with E-state index in [1.54, 1.807) is 30.0 Å². The van der Waals surface area contributed by atoms with Gasteiger partial charge in [0.15, 0.2) is 11.5 Å². The summed E-state index contributed by atoms with van der Waals surface area (Å²) in [6.45, 7) is 4.35. The van der Waals surface area contributed by atoms with Gasteiger partial charge in [0, 0.05) is 17.8 Å². The van der Waals surface area contributed by atoms with Crippen LogP contribution in [-0.2, 0) is 14.3 Å². The Labute approximate surface area is 165 Å². The molecule has 2 rings (SSSR count). The molecule has 0 saturated heterocycles. The third kappa shape index (κ3) is 3.83. The minimum atomic E-state index is -0.546. The highest BCUT2D eigenvalue weighted by Gasteiger charge is 2.37. The first-order valence-corrected chi connectivity index (χ1v) is 9.07. The SMILES string of the molecule is CCCCN1C(=O)/C(=C\c2ccc(OC)c(OC)c2OC)C(C(=O)OC)=C1C. The molecule has 1 heterocycles. The lowest BCUT2D eigenvalue weighted by molar-refractivity contribution is -0.136. The number of unbranched alkanes of at least 4 members (excludes halogenated alkanes) is 1. The number of methoxy groups -OCH3 is 4. The number of allylic oxidation sites excluding steroid dienone is 1. The number of esters is 1.